The number of anilines is 1. The van der Waals surface area contributed by atoms with Gasteiger partial charge in [-0.25, -0.2) is 0 Å². The van der Waals surface area contributed by atoms with Gasteiger partial charge in [0.25, 0.3) is 0 Å². The molecule has 0 aliphatic carbocycles. The Morgan fingerprint density at radius 3 is 2.50 bits per heavy atom. The molecule has 0 fully saturated rings. The van der Waals surface area contributed by atoms with Gasteiger partial charge in [0.15, 0.2) is 0 Å². The van der Waals surface area contributed by atoms with E-state index in [1.807, 2.05) is 18.2 Å². The van der Waals surface area contributed by atoms with Crippen LogP contribution >= 0.6 is 0 Å². The van der Waals surface area contributed by atoms with Gasteiger partial charge in [0.1, 0.15) is 5.84 Å². The van der Waals surface area contributed by atoms with Crippen LogP contribution in [0.5, 0.6) is 0 Å². The van der Waals surface area contributed by atoms with Crippen LogP contribution in [-0.2, 0) is 0 Å². The summed E-state index contributed by atoms with van der Waals surface area (Å²) >= 11 is 0. The minimum Gasteiger partial charge on any atom is -0.384 e. The number of nitrogen functional groups attached to an aromatic ring is 1. The second kappa shape index (κ2) is 5.01. The van der Waals surface area contributed by atoms with Crippen molar-refractivity contribution in [1.29, 1.82) is 5.41 Å². The normalized spacial score (nSPS) is 10.6. The number of nitrogens with two attached hydrogens (primary N) is 1. The number of nitrogens with zero attached hydrogens (tertiary/aromatic N) is 1. The fourth-order valence-electron chi connectivity index (χ4n) is 1.90. The highest BCUT2D eigenvalue weighted by atomic mass is 15.1. The first kappa shape index (κ1) is 12.6. The van der Waals surface area contributed by atoms with Gasteiger partial charge in [-0.2, -0.15) is 0 Å². The molecule has 3 N–H and O–H groups in total. The third-order valence-corrected chi connectivity index (χ3v) is 2.56. The van der Waals surface area contributed by atoms with Gasteiger partial charge >= 0.3 is 0 Å². The molecule has 0 bridgehead atoms. The van der Waals surface area contributed by atoms with E-state index in [-0.39, 0.29) is 5.84 Å². The standard InChI is InChI=1S/C13H21N3/c1-9(2)8-16(4)12-6-5-11(13(14)15)7-10(12)3/h5-7,9H,8H2,1-4H3,(H3,14,15). The highest BCUT2D eigenvalue weighted by molar-refractivity contribution is 5.95. The molecule has 1 aromatic rings. The van der Waals surface area contributed by atoms with E-state index in [2.05, 4.69) is 32.7 Å². The van der Waals surface area contributed by atoms with Crippen LogP contribution in [0.15, 0.2) is 18.2 Å². The van der Waals surface area contributed by atoms with E-state index in [0.717, 1.165) is 17.7 Å². The largest absolute Gasteiger partial charge is 0.384 e. The van der Waals surface area contributed by atoms with Gasteiger partial charge in [-0.1, -0.05) is 13.8 Å². The molecular formula is C13H21N3. The predicted octanol–water partition coefficient (Wildman–Crippen LogP) is 2.37. The van der Waals surface area contributed by atoms with E-state index < -0.39 is 0 Å². The van der Waals surface area contributed by atoms with Gasteiger partial charge in [-0.3, -0.25) is 5.41 Å². The second-order valence-electron chi connectivity index (χ2n) is 4.69. The van der Waals surface area contributed by atoms with Crippen molar-refractivity contribution in [3.05, 3.63) is 29.3 Å². The molecule has 1 aromatic carbocycles. The Morgan fingerprint density at radius 1 is 1.44 bits per heavy atom. The molecule has 0 unspecified atom stereocenters. The molecule has 16 heavy (non-hydrogen) atoms. The van der Waals surface area contributed by atoms with Crippen LogP contribution in [0.3, 0.4) is 0 Å². The lowest BCUT2D eigenvalue weighted by Crippen LogP contribution is -2.23. The Balaban J connectivity index is 2.94. The molecule has 0 amide bonds. The molecule has 0 radical (unpaired) electrons. The fourth-order valence-corrected chi connectivity index (χ4v) is 1.90. The van der Waals surface area contributed by atoms with Crippen molar-refractivity contribution in [2.45, 2.75) is 20.8 Å². The molecule has 0 heterocycles. The fraction of sp³-hybridized carbons (Fsp3) is 0.462. The Hall–Kier alpha value is -1.51. The minimum absolute atomic E-state index is 0.126. The van der Waals surface area contributed by atoms with E-state index in [0.29, 0.717) is 5.92 Å². The first-order valence-electron chi connectivity index (χ1n) is 5.58. The highest BCUT2D eigenvalue weighted by Gasteiger charge is 2.07. The number of aryl methyl sites for hydroxylation is 1. The van der Waals surface area contributed by atoms with Gasteiger partial charge in [0.05, 0.1) is 0 Å². The molecule has 3 nitrogen and oxygen atoms in total. The summed E-state index contributed by atoms with van der Waals surface area (Å²) in [6.45, 7) is 7.49. The zero-order chi connectivity index (χ0) is 12.3. The molecule has 0 saturated carbocycles. The molecule has 0 saturated heterocycles. The molecule has 1 rings (SSSR count). The smallest absolute Gasteiger partial charge is 0.122 e. The Bertz CT molecular complexity index is 383. The van der Waals surface area contributed by atoms with Crippen LogP contribution in [0.1, 0.15) is 25.0 Å². The van der Waals surface area contributed by atoms with Crippen molar-refractivity contribution in [3.63, 3.8) is 0 Å². The van der Waals surface area contributed by atoms with Crippen LogP contribution in [0.25, 0.3) is 0 Å². The lowest BCUT2D eigenvalue weighted by atomic mass is 10.1. The maximum absolute atomic E-state index is 7.39. The van der Waals surface area contributed by atoms with E-state index >= 15 is 0 Å². The summed E-state index contributed by atoms with van der Waals surface area (Å²) in [4.78, 5) is 2.24. The van der Waals surface area contributed by atoms with E-state index in [4.69, 9.17) is 11.1 Å². The summed E-state index contributed by atoms with van der Waals surface area (Å²) in [7, 11) is 2.09. The van der Waals surface area contributed by atoms with E-state index in [1.165, 1.54) is 5.69 Å². The summed E-state index contributed by atoms with van der Waals surface area (Å²) in [5.74, 6) is 0.762. The number of rotatable bonds is 4. The molecule has 88 valence electrons. The summed E-state index contributed by atoms with van der Waals surface area (Å²) in [5, 5.41) is 7.39. The molecule has 0 atom stereocenters. The zero-order valence-electron chi connectivity index (χ0n) is 10.5. The first-order valence-corrected chi connectivity index (χ1v) is 5.58. The average Bonchev–Trinajstić information content (AvgIpc) is 2.15. The van der Waals surface area contributed by atoms with Crippen LogP contribution in [-0.4, -0.2) is 19.4 Å². The van der Waals surface area contributed by atoms with Gasteiger partial charge < -0.3 is 10.6 Å². The zero-order valence-corrected chi connectivity index (χ0v) is 10.5. The molecular weight excluding hydrogens is 198 g/mol. The van der Waals surface area contributed by atoms with Crippen LogP contribution in [0, 0.1) is 18.3 Å². The summed E-state index contributed by atoms with van der Waals surface area (Å²) in [6.07, 6.45) is 0. The number of hydrogen-bond donors (Lipinski definition) is 2. The SMILES string of the molecule is Cc1cc(C(=N)N)ccc1N(C)CC(C)C. The van der Waals surface area contributed by atoms with Crippen molar-refractivity contribution >= 4 is 11.5 Å². The average molecular weight is 219 g/mol. The van der Waals surface area contributed by atoms with Gasteiger partial charge in [0, 0.05) is 24.8 Å². The number of amidine groups is 1. The number of nitrogens with one attached hydrogen (secondary N) is 1. The predicted molar refractivity (Wildman–Crippen MR) is 70.3 cm³/mol. The Kier molecular flexibility index (Phi) is 3.93. The summed E-state index contributed by atoms with van der Waals surface area (Å²) in [6, 6.07) is 5.91. The third-order valence-electron chi connectivity index (χ3n) is 2.56. The summed E-state index contributed by atoms with van der Waals surface area (Å²) in [5.41, 5.74) is 8.62. The van der Waals surface area contributed by atoms with Crippen LogP contribution < -0.4 is 10.6 Å². The van der Waals surface area contributed by atoms with E-state index in [9.17, 15) is 0 Å². The lowest BCUT2D eigenvalue weighted by molar-refractivity contribution is 0.638. The molecule has 0 spiro atoms. The Labute approximate surface area is 97.8 Å². The molecule has 3 heteroatoms. The monoisotopic (exact) mass is 219 g/mol. The molecule has 0 aromatic heterocycles. The van der Waals surface area contributed by atoms with Crippen molar-refractivity contribution in [3.8, 4) is 0 Å². The minimum atomic E-state index is 0.126. The second-order valence-corrected chi connectivity index (χ2v) is 4.69. The quantitative estimate of drug-likeness (QED) is 0.603. The number of benzene rings is 1. The summed E-state index contributed by atoms with van der Waals surface area (Å²) < 4.78 is 0. The van der Waals surface area contributed by atoms with Gasteiger partial charge in [-0.15, -0.1) is 0 Å². The van der Waals surface area contributed by atoms with Crippen molar-refractivity contribution in [2.24, 2.45) is 11.7 Å². The first-order chi connectivity index (χ1) is 7.41. The maximum atomic E-state index is 7.39. The van der Waals surface area contributed by atoms with Crippen molar-refractivity contribution in [2.75, 3.05) is 18.5 Å². The van der Waals surface area contributed by atoms with Crippen LogP contribution in [0.4, 0.5) is 5.69 Å². The van der Waals surface area contributed by atoms with Crippen molar-refractivity contribution in [1.82, 2.24) is 0 Å². The highest BCUT2D eigenvalue weighted by Crippen LogP contribution is 2.20. The third kappa shape index (κ3) is 2.99. The maximum Gasteiger partial charge on any atom is 0.122 e. The van der Waals surface area contributed by atoms with Gasteiger partial charge in [0.2, 0.25) is 0 Å². The number of hydrogen-bond acceptors (Lipinski definition) is 2. The van der Waals surface area contributed by atoms with Crippen LogP contribution in [0.2, 0.25) is 0 Å². The van der Waals surface area contributed by atoms with Crippen molar-refractivity contribution < 1.29 is 0 Å². The molecule has 0 aliphatic rings. The lowest BCUT2D eigenvalue weighted by Gasteiger charge is -2.23. The topological polar surface area (TPSA) is 53.1 Å². The van der Waals surface area contributed by atoms with E-state index in [1.54, 1.807) is 0 Å². The Morgan fingerprint density at radius 2 is 2.06 bits per heavy atom. The molecule has 0 aliphatic heterocycles. The van der Waals surface area contributed by atoms with Gasteiger partial charge in [-0.05, 0) is 36.6 Å².